The van der Waals surface area contributed by atoms with Gasteiger partial charge in [-0.2, -0.15) is 0 Å². The summed E-state index contributed by atoms with van der Waals surface area (Å²) in [5, 5.41) is 14.5. The van der Waals surface area contributed by atoms with E-state index in [0.29, 0.717) is 33.2 Å². The number of nitrogens with one attached hydrogen (secondary N) is 1. The molecular formula is C40H40ClNO3S. The molecule has 0 saturated heterocycles. The second-order valence-corrected chi connectivity index (χ2v) is 14.2. The number of benzene rings is 5. The maximum atomic E-state index is 13.9. The SMILES string of the molecule is CCCCc1cc([S+]([O-])C(C)C)c(C)c(C(=O)Nc2ccc(C(c3ccccc3)(c3ccccc3)c3ccccc3)cc2Cl)c1O. The second kappa shape index (κ2) is 14.6. The zero-order valence-corrected chi connectivity index (χ0v) is 28.3. The van der Waals surface area contributed by atoms with E-state index < -0.39 is 22.5 Å². The van der Waals surface area contributed by atoms with Crippen molar-refractivity contribution in [1.82, 2.24) is 0 Å². The van der Waals surface area contributed by atoms with Crippen LogP contribution in [0.5, 0.6) is 5.75 Å². The number of aromatic hydroxyl groups is 1. The second-order valence-electron chi connectivity index (χ2n) is 11.8. The maximum absolute atomic E-state index is 13.9. The number of carbonyl (C=O) groups is 1. The highest BCUT2D eigenvalue weighted by Crippen LogP contribution is 2.46. The van der Waals surface area contributed by atoms with Crippen LogP contribution in [-0.4, -0.2) is 20.8 Å². The van der Waals surface area contributed by atoms with Gasteiger partial charge in [-0.25, -0.2) is 0 Å². The molecular weight excluding hydrogens is 610 g/mol. The van der Waals surface area contributed by atoms with Gasteiger partial charge in [-0.15, -0.1) is 0 Å². The first-order valence-electron chi connectivity index (χ1n) is 15.7. The molecule has 46 heavy (non-hydrogen) atoms. The lowest BCUT2D eigenvalue weighted by atomic mass is 9.65. The predicted molar refractivity (Wildman–Crippen MR) is 191 cm³/mol. The lowest BCUT2D eigenvalue weighted by molar-refractivity contribution is 0.102. The van der Waals surface area contributed by atoms with Crippen molar-refractivity contribution in [2.75, 3.05) is 5.32 Å². The molecule has 0 fully saturated rings. The van der Waals surface area contributed by atoms with Crippen molar-refractivity contribution in [3.05, 3.63) is 159 Å². The molecule has 0 aromatic heterocycles. The van der Waals surface area contributed by atoms with Gasteiger partial charge in [0.05, 0.1) is 21.7 Å². The Bertz CT molecular complexity index is 1700. The van der Waals surface area contributed by atoms with E-state index in [0.717, 1.165) is 35.1 Å². The Balaban J connectivity index is 1.62. The van der Waals surface area contributed by atoms with Gasteiger partial charge in [0.1, 0.15) is 11.0 Å². The number of hydrogen-bond acceptors (Lipinski definition) is 3. The molecule has 0 aliphatic heterocycles. The number of aryl methyl sites for hydroxylation is 1. The quantitative estimate of drug-likeness (QED) is 0.110. The van der Waals surface area contributed by atoms with Crippen LogP contribution >= 0.6 is 11.6 Å². The third-order valence-electron chi connectivity index (χ3n) is 8.53. The van der Waals surface area contributed by atoms with E-state index in [2.05, 4.69) is 48.6 Å². The number of carbonyl (C=O) groups excluding carboxylic acids is 1. The first kappa shape index (κ1) is 33.3. The Labute approximate surface area is 280 Å². The average Bonchev–Trinajstić information content (AvgIpc) is 3.07. The molecule has 0 aliphatic rings. The van der Waals surface area contributed by atoms with E-state index in [1.54, 1.807) is 13.0 Å². The summed E-state index contributed by atoms with van der Waals surface area (Å²) in [4.78, 5) is 14.5. The van der Waals surface area contributed by atoms with Gasteiger partial charge < -0.3 is 15.0 Å². The first-order chi connectivity index (χ1) is 22.2. The molecule has 4 nitrogen and oxygen atoms in total. The lowest BCUT2D eigenvalue weighted by Crippen LogP contribution is -2.31. The summed E-state index contributed by atoms with van der Waals surface area (Å²) < 4.78 is 13.2. The fraction of sp³-hybridized carbons (Fsp3) is 0.225. The summed E-state index contributed by atoms with van der Waals surface area (Å²) in [7, 11) is 0. The van der Waals surface area contributed by atoms with Crippen molar-refractivity contribution in [2.24, 2.45) is 0 Å². The Hall–Kier alpha value is -4.03. The van der Waals surface area contributed by atoms with E-state index in [4.69, 9.17) is 11.6 Å². The fourth-order valence-electron chi connectivity index (χ4n) is 6.19. The molecule has 1 unspecified atom stereocenters. The molecule has 1 atom stereocenters. The van der Waals surface area contributed by atoms with E-state index >= 15 is 0 Å². The molecule has 0 radical (unpaired) electrons. The van der Waals surface area contributed by atoms with Gasteiger partial charge in [-0.3, -0.25) is 4.79 Å². The number of anilines is 1. The minimum Gasteiger partial charge on any atom is -0.611 e. The standard InChI is InChI=1S/C40H40ClNO3S/c1-5-6-16-29-25-36(46(45)27(2)3)28(4)37(38(29)43)39(44)42-35-24-23-33(26-34(35)41)40(30-17-10-7-11-18-30,31-19-12-8-13-20-31)32-21-14-9-15-22-32/h7-15,17-27,43H,5-6,16H2,1-4H3,(H,42,44). The van der Waals surface area contributed by atoms with Crippen LogP contribution in [0.1, 0.15) is 77.4 Å². The summed E-state index contributed by atoms with van der Waals surface area (Å²) in [5.74, 6) is -0.567. The zero-order valence-electron chi connectivity index (χ0n) is 26.7. The van der Waals surface area contributed by atoms with Crippen LogP contribution in [0.4, 0.5) is 5.69 Å². The number of phenolic OH excluding ortho intramolecular Hbond substituents is 1. The first-order valence-corrected chi connectivity index (χ1v) is 17.3. The van der Waals surface area contributed by atoms with Crippen LogP contribution in [0.2, 0.25) is 5.02 Å². The van der Waals surface area contributed by atoms with Crippen molar-refractivity contribution in [1.29, 1.82) is 0 Å². The van der Waals surface area contributed by atoms with Gasteiger partial charge in [-0.1, -0.05) is 122 Å². The number of hydrogen-bond donors (Lipinski definition) is 2. The van der Waals surface area contributed by atoms with Crippen LogP contribution in [-0.2, 0) is 23.0 Å². The molecule has 5 aromatic carbocycles. The lowest BCUT2D eigenvalue weighted by Gasteiger charge is -2.37. The Morgan fingerprint density at radius 3 is 1.83 bits per heavy atom. The summed E-state index contributed by atoms with van der Waals surface area (Å²) in [6, 6.07) is 38.5. The predicted octanol–water partition coefficient (Wildman–Crippen LogP) is 9.85. The van der Waals surface area contributed by atoms with Crippen molar-refractivity contribution >= 4 is 34.4 Å². The van der Waals surface area contributed by atoms with Crippen LogP contribution in [0.25, 0.3) is 0 Å². The van der Waals surface area contributed by atoms with Gasteiger partial charge in [-0.05, 0) is 84.7 Å². The Morgan fingerprint density at radius 1 is 0.848 bits per heavy atom. The van der Waals surface area contributed by atoms with E-state index in [1.165, 1.54) is 0 Å². The average molecular weight is 650 g/mol. The van der Waals surface area contributed by atoms with Gasteiger partial charge in [0.2, 0.25) is 0 Å². The van der Waals surface area contributed by atoms with Crippen molar-refractivity contribution in [2.45, 2.75) is 62.5 Å². The molecule has 2 N–H and O–H groups in total. The summed E-state index contributed by atoms with van der Waals surface area (Å²) in [5.41, 5.74) is 5.17. The van der Waals surface area contributed by atoms with Crippen LogP contribution in [0.15, 0.2) is 120 Å². The number of unbranched alkanes of at least 4 members (excludes halogenated alkanes) is 1. The minimum absolute atomic E-state index is 0.0723. The van der Waals surface area contributed by atoms with Crippen LogP contribution in [0, 0.1) is 6.92 Å². The number of rotatable bonds is 11. The number of phenols is 1. The summed E-state index contributed by atoms with van der Waals surface area (Å²) >= 11 is 5.67. The maximum Gasteiger partial charge on any atom is 0.259 e. The molecule has 6 heteroatoms. The Kier molecular flexibility index (Phi) is 10.6. The smallest absolute Gasteiger partial charge is 0.259 e. The normalized spacial score (nSPS) is 12.2. The van der Waals surface area contributed by atoms with Crippen LogP contribution in [0.3, 0.4) is 0 Å². The summed E-state index contributed by atoms with van der Waals surface area (Å²) in [6.07, 6.45) is 2.35. The van der Waals surface area contributed by atoms with E-state index in [9.17, 15) is 14.5 Å². The van der Waals surface area contributed by atoms with E-state index in [-0.39, 0.29) is 16.6 Å². The molecule has 5 aromatic rings. The monoisotopic (exact) mass is 649 g/mol. The van der Waals surface area contributed by atoms with E-state index in [1.807, 2.05) is 86.6 Å². The number of amides is 1. The topological polar surface area (TPSA) is 72.4 Å². The van der Waals surface area contributed by atoms with Crippen LogP contribution < -0.4 is 5.32 Å². The highest BCUT2D eigenvalue weighted by atomic mass is 35.5. The molecule has 1 amide bonds. The number of halogens is 1. The largest absolute Gasteiger partial charge is 0.611 e. The van der Waals surface area contributed by atoms with Gasteiger partial charge in [0, 0.05) is 11.6 Å². The molecule has 0 saturated carbocycles. The fourth-order valence-corrected chi connectivity index (χ4v) is 7.59. The Morgan fingerprint density at radius 2 is 1.37 bits per heavy atom. The molecule has 0 heterocycles. The third kappa shape index (κ3) is 6.46. The molecule has 0 bridgehead atoms. The molecule has 5 rings (SSSR count). The highest BCUT2D eigenvalue weighted by Gasteiger charge is 2.38. The highest BCUT2D eigenvalue weighted by molar-refractivity contribution is 7.92. The summed E-state index contributed by atoms with van der Waals surface area (Å²) in [6.45, 7) is 7.58. The van der Waals surface area contributed by atoms with Crippen molar-refractivity contribution in [3.63, 3.8) is 0 Å². The van der Waals surface area contributed by atoms with Gasteiger partial charge in [0.25, 0.3) is 5.91 Å². The van der Waals surface area contributed by atoms with Gasteiger partial charge in [0.15, 0.2) is 4.90 Å². The zero-order chi connectivity index (χ0) is 32.8. The van der Waals surface area contributed by atoms with Crippen molar-refractivity contribution in [3.8, 4) is 5.75 Å². The van der Waals surface area contributed by atoms with Gasteiger partial charge >= 0.3 is 0 Å². The molecule has 0 aliphatic carbocycles. The van der Waals surface area contributed by atoms with Crippen molar-refractivity contribution < 1.29 is 14.5 Å². The minimum atomic E-state index is -1.33. The molecule has 236 valence electrons. The third-order valence-corrected chi connectivity index (χ3v) is 10.6. The molecule has 0 spiro atoms.